The van der Waals surface area contributed by atoms with Crippen LogP contribution in [0.3, 0.4) is 0 Å². The summed E-state index contributed by atoms with van der Waals surface area (Å²) in [6.07, 6.45) is 1.72. The Morgan fingerprint density at radius 3 is 2.61 bits per heavy atom. The second kappa shape index (κ2) is 5.35. The van der Waals surface area contributed by atoms with E-state index < -0.39 is 0 Å². The molecule has 0 saturated carbocycles. The molecule has 0 bridgehead atoms. The number of amidine groups is 1. The monoisotopic (exact) mass is 261 g/mol. The van der Waals surface area contributed by atoms with E-state index >= 15 is 0 Å². The van der Waals surface area contributed by atoms with Gasteiger partial charge in [0.15, 0.2) is 5.17 Å². The minimum Gasteiger partial charge on any atom is -0.303 e. The van der Waals surface area contributed by atoms with Crippen LogP contribution in [0.2, 0.25) is 0 Å². The van der Waals surface area contributed by atoms with Gasteiger partial charge in [-0.3, -0.25) is 4.79 Å². The second-order valence-electron chi connectivity index (χ2n) is 4.28. The molecule has 0 atom stereocenters. The third-order valence-electron chi connectivity index (χ3n) is 2.81. The van der Waals surface area contributed by atoms with Gasteiger partial charge in [-0.15, -0.1) is 5.10 Å². The molecule has 1 saturated heterocycles. The number of nitrogens with one attached hydrogen (secondary N) is 1. The highest BCUT2D eigenvalue weighted by atomic mass is 32.2. The molecule has 1 aromatic carbocycles. The maximum Gasteiger partial charge on any atom is 0.236 e. The van der Waals surface area contributed by atoms with Gasteiger partial charge in [0.1, 0.15) is 0 Å². The average molecular weight is 261 g/mol. The minimum atomic E-state index is -0.0173. The van der Waals surface area contributed by atoms with Gasteiger partial charge in [0.25, 0.3) is 0 Å². The number of benzene rings is 1. The van der Waals surface area contributed by atoms with Gasteiger partial charge in [-0.2, -0.15) is 5.10 Å². The van der Waals surface area contributed by atoms with Crippen LogP contribution in [-0.4, -0.2) is 23.0 Å². The normalized spacial score (nSPS) is 17.7. The highest BCUT2D eigenvalue weighted by Gasteiger charge is 2.15. The van der Waals surface area contributed by atoms with Gasteiger partial charge in [0, 0.05) is 0 Å². The number of hydrogen-bond donors (Lipinski definition) is 1. The lowest BCUT2D eigenvalue weighted by Gasteiger charge is -2.04. The van der Waals surface area contributed by atoms with Crippen molar-refractivity contribution in [2.24, 2.45) is 10.2 Å². The van der Waals surface area contributed by atoms with E-state index in [0.717, 1.165) is 5.56 Å². The van der Waals surface area contributed by atoms with Gasteiger partial charge < -0.3 is 5.32 Å². The highest BCUT2D eigenvalue weighted by molar-refractivity contribution is 8.15. The largest absolute Gasteiger partial charge is 0.303 e. The van der Waals surface area contributed by atoms with Crippen molar-refractivity contribution in [3.63, 3.8) is 0 Å². The van der Waals surface area contributed by atoms with Gasteiger partial charge in [0.2, 0.25) is 5.91 Å². The fourth-order valence-electron chi connectivity index (χ4n) is 1.64. The van der Waals surface area contributed by atoms with Crippen molar-refractivity contribution in [2.75, 3.05) is 5.75 Å². The van der Waals surface area contributed by atoms with Crippen molar-refractivity contribution >= 4 is 29.1 Å². The zero-order valence-corrected chi connectivity index (χ0v) is 11.5. The van der Waals surface area contributed by atoms with Crippen LogP contribution in [0.4, 0.5) is 0 Å². The number of nitrogens with zero attached hydrogens (tertiary/aromatic N) is 2. The Kier molecular flexibility index (Phi) is 3.81. The fourth-order valence-corrected chi connectivity index (χ4v) is 2.28. The number of amides is 1. The molecule has 1 aliphatic rings. The molecule has 1 aromatic rings. The first-order valence-electron chi connectivity index (χ1n) is 5.68. The van der Waals surface area contributed by atoms with Crippen LogP contribution in [0, 0.1) is 20.8 Å². The van der Waals surface area contributed by atoms with E-state index in [9.17, 15) is 4.79 Å². The van der Waals surface area contributed by atoms with Crippen molar-refractivity contribution in [1.29, 1.82) is 0 Å². The Labute approximate surface area is 111 Å². The predicted molar refractivity (Wildman–Crippen MR) is 76.3 cm³/mol. The maximum absolute atomic E-state index is 11.0. The number of aryl methyl sites for hydroxylation is 3. The molecule has 2 rings (SSSR count). The van der Waals surface area contributed by atoms with Crippen LogP contribution in [0.15, 0.2) is 22.3 Å². The van der Waals surface area contributed by atoms with Crippen molar-refractivity contribution in [2.45, 2.75) is 20.8 Å². The van der Waals surface area contributed by atoms with Crippen LogP contribution in [0.1, 0.15) is 22.3 Å². The summed E-state index contributed by atoms with van der Waals surface area (Å²) < 4.78 is 0. The molecule has 5 heteroatoms. The zero-order valence-electron chi connectivity index (χ0n) is 10.7. The molecule has 0 radical (unpaired) electrons. The van der Waals surface area contributed by atoms with Crippen molar-refractivity contribution in [1.82, 2.24) is 5.32 Å². The standard InChI is InChI=1S/C13H15N3OS/c1-8-4-10(3)11(5-9(8)2)6-14-16-13-15-12(17)7-18-13/h4-6H,7H2,1-3H3,(H,15,16,17). The molecular formula is C13H15N3OS. The lowest BCUT2D eigenvalue weighted by molar-refractivity contribution is -0.116. The summed E-state index contributed by atoms with van der Waals surface area (Å²) in [6.45, 7) is 6.21. The van der Waals surface area contributed by atoms with E-state index in [1.54, 1.807) is 6.21 Å². The van der Waals surface area contributed by atoms with Gasteiger partial charge >= 0.3 is 0 Å². The number of rotatable bonds is 2. The molecule has 1 N–H and O–H groups in total. The Morgan fingerprint density at radius 2 is 1.94 bits per heavy atom. The van der Waals surface area contributed by atoms with Crippen molar-refractivity contribution in [3.05, 3.63) is 34.4 Å². The lowest BCUT2D eigenvalue weighted by Crippen LogP contribution is -2.19. The van der Waals surface area contributed by atoms with Crippen LogP contribution in [0.25, 0.3) is 0 Å². The highest BCUT2D eigenvalue weighted by Crippen LogP contribution is 2.14. The molecule has 1 heterocycles. The Balaban J connectivity index is 2.14. The van der Waals surface area contributed by atoms with Crippen LogP contribution < -0.4 is 5.32 Å². The van der Waals surface area contributed by atoms with E-state index in [-0.39, 0.29) is 5.91 Å². The van der Waals surface area contributed by atoms with E-state index in [4.69, 9.17) is 0 Å². The third kappa shape index (κ3) is 2.98. The molecule has 1 amide bonds. The van der Waals surface area contributed by atoms with Crippen LogP contribution in [-0.2, 0) is 4.79 Å². The van der Waals surface area contributed by atoms with Gasteiger partial charge in [-0.1, -0.05) is 17.8 Å². The fraction of sp³-hybridized carbons (Fsp3) is 0.308. The topological polar surface area (TPSA) is 53.8 Å². The summed E-state index contributed by atoms with van der Waals surface area (Å²) in [5, 5.41) is 11.2. The Bertz CT molecular complexity index is 549. The minimum absolute atomic E-state index is 0.0173. The summed E-state index contributed by atoms with van der Waals surface area (Å²) in [4.78, 5) is 11.0. The lowest BCUT2D eigenvalue weighted by atomic mass is 10.0. The van der Waals surface area contributed by atoms with E-state index in [0.29, 0.717) is 10.9 Å². The number of hydrogen-bond acceptors (Lipinski definition) is 4. The first-order chi connectivity index (χ1) is 8.56. The second-order valence-corrected chi connectivity index (χ2v) is 5.24. The predicted octanol–water partition coefficient (Wildman–Crippen LogP) is 2.16. The van der Waals surface area contributed by atoms with Gasteiger partial charge in [0.05, 0.1) is 12.0 Å². The van der Waals surface area contributed by atoms with E-state index in [1.807, 2.05) is 6.92 Å². The van der Waals surface area contributed by atoms with Crippen LogP contribution >= 0.6 is 11.8 Å². The SMILES string of the molecule is Cc1cc(C)c(C=N/N=C2/NC(=O)CS2)cc1C. The Morgan fingerprint density at radius 1 is 1.22 bits per heavy atom. The number of thioether (sulfide) groups is 1. The third-order valence-corrected chi connectivity index (χ3v) is 3.68. The summed E-state index contributed by atoms with van der Waals surface area (Å²) in [5.41, 5.74) is 4.73. The first-order valence-corrected chi connectivity index (χ1v) is 6.66. The summed E-state index contributed by atoms with van der Waals surface area (Å²) >= 11 is 1.37. The number of carbonyl (C=O) groups excluding carboxylic acids is 1. The average Bonchev–Trinajstić information content (AvgIpc) is 2.71. The van der Waals surface area contributed by atoms with Crippen LogP contribution in [0.5, 0.6) is 0 Å². The molecular weight excluding hydrogens is 246 g/mol. The Hall–Kier alpha value is -1.62. The molecule has 4 nitrogen and oxygen atoms in total. The molecule has 0 unspecified atom stereocenters. The van der Waals surface area contributed by atoms with E-state index in [2.05, 4.69) is 41.5 Å². The molecule has 1 fully saturated rings. The van der Waals surface area contributed by atoms with Gasteiger partial charge in [-0.25, -0.2) is 0 Å². The quantitative estimate of drug-likeness (QED) is 0.655. The van der Waals surface area contributed by atoms with Gasteiger partial charge in [-0.05, 0) is 49.1 Å². The molecule has 0 aliphatic carbocycles. The zero-order chi connectivity index (χ0) is 13.1. The molecule has 94 valence electrons. The van der Waals surface area contributed by atoms with Crippen molar-refractivity contribution < 1.29 is 4.79 Å². The maximum atomic E-state index is 11.0. The van der Waals surface area contributed by atoms with Crippen molar-refractivity contribution in [3.8, 4) is 0 Å². The first kappa shape index (κ1) is 12.8. The summed E-state index contributed by atoms with van der Waals surface area (Å²) in [5.74, 6) is 0.410. The number of carbonyl (C=O) groups is 1. The smallest absolute Gasteiger partial charge is 0.236 e. The van der Waals surface area contributed by atoms with E-state index in [1.165, 1.54) is 28.5 Å². The molecule has 0 spiro atoms. The molecule has 18 heavy (non-hydrogen) atoms. The molecule has 0 aromatic heterocycles. The summed E-state index contributed by atoms with van der Waals surface area (Å²) in [6, 6.07) is 4.23. The summed E-state index contributed by atoms with van der Waals surface area (Å²) in [7, 11) is 0. The molecule has 1 aliphatic heterocycles.